The van der Waals surface area contributed by atoms with Crippen molar-refractivity contribution in [1.82, 2.24) is 4.98 Å². The fraction of sp³-hybridized carbons (Fsp3) is 0.400. The van der Waals surface area contributed by atoms with Gasteiger partial charge in [-0.2, -0.15) is 0 Å². The second-order valence-electron chi connectivity index (χ2n) is 5.84. The first-order valence-corrected chi connectivity index (χ1v) is 9.43. The number of benzene rings is 1. The summed E-state index contributed by atoms with van der Waals surface area (Å²) in [5.74, 6) is 6.88. The Labute approximate surface area is 186 Å². The van der Waals surface area contributed by atoms with E-state index in [4.69, 9.17) is 14.3 Å². The standard InChI is InChI=1S/C20H23NO4S.Na.H/c1-14-6-8-17(9-7-14)19-21-18(15(2)25-19)10-12-24-11-4-5-13-26-16(3)20(22)23;;/h6-9,16H,10-13H2,1-3H3,(H,22,23);;. The predicted molar refractivity (Wildman–Crippen MR) is 110 cm³/mol. The number of hydrogen-bond donors (Lipinski definition) is 1. The van der Waals surface area contributed by atoms with E-state index in [0.717, 1.165) is 17.0 Å². The number of aliphatic carboxylic acids is 1. The number of rotatable bonds is 8. The Kier molecular flexibility index (Phi) is 10.8. The molecule has 0 amide bonds. The fourth-order valence-corrected chi connectivity index (χ4v) is 2.69. The Balaban J connectivity index is 0.00000364. The fourth-order valence-electron chi connectivity index (χ4n) is 2.11. The van der Waals surface area contributed by atoms with Crippen LogP contribution < -0.4 is 0 Å². The van der Waals surface area contributed by atoms with Gasteiger partial charge in [-0.05, 0) is 32.9 Å². The number of ether oxygens (including phenoxy) is 1. The Bertz CT molecular complexity index is 793. The van der Waals surface area contributed by atoms with Crippen LogP contribution in [0.25, 0.3) is 11.5 Å². The predicted octanol–water partition coefficient (Wildman–Crippen LogP) is 3.08. The van der Waals surface area contributed by atoms with E-state index in [9.17, 15) is 4.79 Å². The molecule has 5 nitrogen and oxygen atoms in total. The summed E-state index contributed by atoms with van der Waals surface area (Å²) in [5, 5.41) is 8.32. The van der Waals surface area contributed by atoms with E-state index in [0.29, 0.717) is 31.3 Å². The Morgan fingerprint density at radius 1 is 1.30 bits per heavy atom. The van der Waals surface area contributed by atoms with Crippen LogP contribution in [0.15, 0.2) is 28.7 Å². The van der Waals surface area contributed by atoms with Gasteiger partial charge < -0.3 is 14.3 Å². The molecule has 0 bridgehead atoms. The van der Waals surface area contributed by atoms with Crippen LogP contribution in [-0.2, 0) is 16.0 Å². The normalized spacial score (nSPS) is 11.2. The van der Waals surface area contributed by atoms with Crippen LogP contribution in [0.2, 0.25) is 0 Å². The summed E-state index contributed by atoms with van der Waals surface area (Å²) in [6.45, 7) is 6.43. The average molecular weight is 397 g/mol. The van der Waals surface area contributed by atoms with Gasteiger partial charge in [0.1, 0.15) is 17.6 Å². The van der Waals surface area contributed by atoms with Crippen molar-refractivity contribution in [3.05, 3.63) is 41.3 Å². The topological polar surface area (TPSA) is 72.6 Å². The molecule has 1 aromatic heterocycles. The van der Waals surface area contributed by atoms with Crippen molar-refractivity contribution < 1.29 is 19.1 Å². The van der Waals surface area contributed by atoms with Crippen molar-refractivity contribution in [2.45, 2.75) is 32.4 Å². The Morgan fingerprint density at radius 2 is 2.00 bits per heavy atom. The van der Waals surface area contributed by atoms with Crippen LogP contribution in [0.5, 0.6) is 0 Å². The summed E-state index contributed by atoms with van der Waals surface area (Å²) < 4.78 is 11.2. The molecule has 0 fully saturated rings. The van der Waals surface area contributed by atoms with Crippen molar-refractivity contribution in [3.8, 4) is 23.3 Å². The maximum atomic E-state index is 10.7. The number of aromatic nitrogens is 1. The van der Waals surface area contributed by atoms with E-state index in [-0.39, 0.29) is 29.6 Å². The summed E-state index contributed by atoms with van der Waals surface area (Å²) in [4.78, 5) is 15.2. The van der Waals surface area contributed by atoms with Gasteiger partial charge in [0.15, 0.2) is 0 Å². The monoisotopic (exact) mass is 397 g/mol. The van der Waals surface area contributed by atoms with Gasteiger partial charge in [-0.1, -0.05) is 29.5 Å². The molecule has 1 N–H and O–H groups in total. The van der Waals surface area contributed by atoms with Crippen molar-refractivity contribution in [3.63, 3.8) is 0 Å². The molecule has 1 aromatic carbocycles. The molecular weight excluding hydrogens is 373 g/mol. The van der Waals surface area contributed by atoms with E-state index in [1.165, 1.54) is 17.3 Å². The van der Waals surface area contributed by atoms with E-state index in [2.05, 4.69) is 16.8 Å². The van der Waals surface area contributed by atoms with Gasteiger partial charge in [-0.25, -0.2) is 4.98 Å². The van der Waals surface area contributed by atoms with Crippen molar-refractivity contribution in [2.24, 2.45) is 0 Å². The number of carboxylic acids is 1. The Hall–Kier alpha value is -1.23. The quantitative estimate of drug-likeness (QED) is 0.419. The van der Waals surface area contributed by atoms with Crippen LogP contribution in [0.4, 0.5) is 0 Å². The van der Waals surface area contributed by atoms with Gasteiger partial charge in [0.2, 0.25) is 5.89 Å². The van der Waals surface area contributed by atoms with Crippen LogP contribution >= 0.6 is 11.8 Å². The second-order valence-corrected chi connectivity index (χ2v) is 7.16. The summed E-state index contributed by atoms with van der Waals surface area (Å²) in [6.07, 6.45) is 0.660. The van der Waals surface area contributed by atoms with Gasteiger partial charge in [-0.15, -0.1) is 11.8 Å². The van der Waals surface area contributed by atoms with E-state index in [1.54, 1.807) is 6.92 Å². The number of hydrogen-bond acceptors (Lipinski definition) is 5. The first-order chi connectivity index (χ1) is 12.5. The average Bonchev–Trinajstić information content (AvgIpc) is 2.98. The molecule has 1 heterocycles. The number of thioether (sulfide) groups is 1. The zero-order chi connectivity index (χ0) is 18.9. The molecule has 0 radical (unpaired) electrons. The SMILES string of the molecule is Cc1ccc(-c2nc(CCOCC#CCSC(C)C(=O)O)c(C)o2)cc1.[NaH]. The van der Waals surface area contributed by atoms with Gasteiger partial charge in [0, 0.05) is 12.0 Å². The summed E-state index contributed by atoms with van der Waals surface area (Å²) in [5.41, 5.74) is 3.05. The first kappa shape index (κ1) is 23.8. The van der Waals surface area contributed by atoms with E-state index >= 15 is 0 Å². The van der Waals surface area contributed by atoms with Gasteiger partial charge >= 0.3 is 35.5 Å². The molecule has 0 aliphatic carbocycles. The molecule has 0 saturated heterocycles. The Morgan fingerprint density at radius 3 is 2.67 bits per heavy atom. The molecule has 0 aliphatic heterocycles. The molecule has 0 saturated carbocycles. The number of carboxylic acid groups (broad SMARTS) is 1. The molecule has 2 aromatic rings. The second kappa shape index (κ2) is 12.3. The zero-order valence-electron chi connectivity index (χ0n) is 15.2. The minimum absolute atomic E-state index is 0. The molecule has 140 valence electrons. The molecule has 0 spiro atoms. The first-order valence-electron chi connectivity index (χ1n) is 8.38. The van der Waals surface area contributed by atoms with Crippen LogP contribution in [0.3, 0.4) is 0 Å². The van der Waals surface area contributed by atoms with Crippen molar-refractivity contribution in [2.75, 3.05) is 19.0 Å². The molecule has 27 heavy (non-hydrogen) atoms. The molecule has 1 atom stereocenters. The summed E-state index contributed by atoms with van der Waals surface area (Å²) >= 11 is 1.30. The summed E-state index contributed by atoms with van der Waals surface area (Å²) in [6, 6.07) is 8.07. The minimum atomic E-state index is -0.818. The van der Waals surface area contributed by atoms with Crippen molar-refractivity contribution >= 4 is 47.3 Å². The van der Waals surface area contributed by atoms with Gasteiger partial charge in [0.25, 0.3) is 0 Å². The third-order valence-corrected chi connectivity index (χ3v) is 4.74. The van der Waals surface area contributed by atoms with E-state index in [1.807, 2.05) is 38.1 Å². The molecule has 0 aliphatic rings. The number of carbonyl (C=O) groups is 1. The van der Waals surface area contributed by atoms with Gasteiger partial charge in [0.05, 0.1) is 18.1 Å². The third-order valence-electron chi connectivity index (χ3n) is 3.73. The third kappa shape index (κ3) is 8.12. The van der Waals surface area contributed by atoms with Crippen LogP contribution in [-0.4, -0.2) is 69.8 Å². The number of oxazole rings is 1. The zero-order valence-corrected chi connectivity index (χ0v) is 16.1. The van der Waals surface area contributed by atoms with Crippen LogP contribution in [0, 0.1) is 25.7 Å². The summed E-state index contributed by atoms with van der Waals surface area (Å²) in [7, 11) is 0. The molecule has 7 heteroatoms. The molecular formula is C20H24NNaO4S. The molecule has 2 rings (SSSR count). The number of nitrogens with zero attached hydrogens (tertiary/aromatic N) is 1. The maximum absolute atomic E-state index is 10.7. The molecule has 1 unspecified atom stereocenters. The van der Waals surface area contributed by atoms with Crippen molar-refractivity contribution in [1.29, 1.82) is 0 Å². The van der Waals surface area contributed by atoms with E-state index < -0.39 is 11.2 Å². The number of aryl methyl sites for hydroxylation is 2. The van der Waals surface area contributed by atoms with Crippen LogP contribution in [0.1, 0.15) is 23.9 Å². The van der Waals surface area contributed by atoms with Gasteiger partial charge in [-0.3, -0.25) is 4.79 Å².